The normalized spacial score (nSPS) is 15.4. The molecular weight excluding hydrogens is 273 g/mol. The van der Waals surface area contributed by atoms with Crippen LogP contribution in [-0.4, -0.2) is 41.4 Å². The summed E-state index contributed by atoms with van der Waals surface area (Å²) in [4.78, 5) is 1.40. The van der Waals surface area contributed by atoms with Crippen LogP contribution in [0.3, 0.4) is 0 Å². The molecule has 21 heavy (non-hydrogen) atoms. The van der Waals surface area contributed by atoms with Crippen LogP contribution in [0.2, 0.25) is 0 Å². The Bertz CT molecular complexity index is 405. The fourth-order valence-corrected chi connectivity index (χ4v) is 1.95. The van der Waals surface area contributed by atoms with E-state index < -0.39 is 11.7 Å². The van der Waals surface area contributed by atoms with Crippen molar-refractivity contribution in [1.29, 1.82) is 0 Å². The van der Waals surface area contributed by atoms with Crippen molar-refractivity contribution in [2.45, 2.75) is 40.5 Å². The molecule has 2 rings (SSSR count). The van der Waals surface area contributed by atoms with Crippen molar-refractivity contribution >= 4 is 0 Å². The Morgan fingerprint density at radius 2 is 1.62 bits per heavy atom. The molecule has 1 fully saturated rings. The molecule has 0 aromatic heterocycles. The molecule has 0 saturated carbocycles. The van der Waals surface area contributed by atoms with Crippen molar-refractivity contribution in [1.82, 2.24) is 4.90 Å². The van der Waals surface area contributed by atoms with Gasteiger partial charge in [-0.15, -0.1) is 0 Å². The van der Waals surface area contributed by atoms with Gasteiger partial charge in [0.25, 0.3) is 5.91 Å². The summed E-state index contributed by atoms with van der Waals surface area (Å²) in [6, 6.07) is 4.58. The van der Waals surface area contributed by atoms with Gasteiger partial charge in [-0.05, 0) is 18.6 Å². The molecule has 0 radical (unpaired) electrons. The first-order valence-electron chi connectivity index (χ1n) is 7.56. The van der Waals surface area contributed by atoms with E-state index in [1.165, 1.54) is 11.0 Å². The van der Waals surface area contributed by atoms with Crippen LogP contribution < -0.4 is 0 Å². The van der Waals surface area contributed by atoms with E-state index in [4.69, 9.17) is 4.74 Å². The van der Waals surface area contributed by atoms with E-state index >= 15 is 0 Å². The second-order valence-corrected chi connectivity index (χ2v) is 4.17. The minimum atomic E-state index is -2.28. The van der Waals surface area contributed by atoms with Gasteiger partial charge in [0.15, 0.2) is 0 Å². The van der Waals surface area contributed by atoms with E-state index in [-0.39, 0.29) is 5.56 Å². The fraction of sp³-hybridized carbons (Fsp3) is 0.625. The Kier molecular flexibility index (Phi) is 9.37. The quantitative estimate of drug-likeness (QED) is 0.825. The molecule has 1 aromatic rings. The van der Waals surface area contributed by atoms with Crippen molar-refractivity contribution < 1.29 is 19.3 Å². The van der Waals surface area contributed by atoms with Gasteiger partial charge in [-0.25, -0.2) is 9.29 Å². The Labute approximate surface area is 127 Å². The number of hydrogen-bond acceptors (Lipinski definition) is 4. The molecule has 122 valence electrons. The summed E-state index contributed by atoms with van der Waals surface area (Å²) in [5.41, 5.74) is 0.280. The summed E-state index contributed by atoms with van der Waals surface area (Å²) in [6.07, 6.45) is 0. The molecule has 4 nitrogen and oxygen atoms in total. The van der Waals surface area contributed by atoms with Gasteiger partial charge >= 0.3 is 0 Å². The van der Waals surface area contributed by atoms with Crippen molar-refractivity contribution in [3.8, 4) is 0 Å². The third-order valence-corrected chi connectivity index (χ3v) is 3.01. The maximum Gasteiger partial charge on any atom is 0.256 e. The van der Waals surface area contributed by atoms with E-state index in [0.29, 0.717) is 31.9 Å². The van der Waals surface area contributed by atoms with E-state index in [1.807, 2.05) is 27.7 Å². The van der Waals surface area contributed by atoms with Crippen LogP contribution in [0.4, 0.5) is 4.39 Å². The van der Waals surface area contributed by atoms with Gasteiger partial charge in [-0.3, -0.25) is 0 Å². The van der Waals surface area contributed by atoms with Crippen LogP contribution in [0.1, 0.15) is 38.8 Å². The molecule has 1 heterocycles. The van der Waals surface area contributed by atoms with Crippen molar-refractivity contribution in [2.75, 3.05) is 26.3 Å². The Balaban J connectivity index is 0.000000921. The summed E-state index contributed by atoms with van der Waals surface area (Å²) in [5.74, 6) is -2.86. The van der Waals surface area contributed by atoms with Crippen LogP contribution in [0.5, 0.6) is 0 Å². The highest BCUT2D eigenvalue weighted by molar-refractivity contribution is 5.27. The highest BCUT2D eigenvalue weighted by atomic mass is 19.1. The van der Waals surface area contributed by atoms with E-state index in [1.54, 1.807) is 19.1 Å². The van der Waals surface area contributed by atoms with Crippen LogP contribution in [0.15, 0.2) is 18.2 Å². The smallest absolute Gasteiger partial charge is 0.256 e. The zero-order valence-electron chi connectivity index (χ0n) is 13.7. The van der Waals surface area contributed by atoms with Crippen molar-refractivity contribution in [3.05, 3.63) is 35.1 Å². The Morgan fingerprint density at radius 1 is 1.10 bits per heavy atom. The average molecular weight is 301 g/mol. The summed E-state index contributed by atoms with van der Waals surface area (Å²) in [5, 5.41) is 20.2. The largest absolute Gasteiger partial charge is 0.379 e. The number of morpholine rings is 1. The van der Waals surface area contributed by atoms with Gasteiger partial charge in [-0.1, -0.05) is 39.8 Å². The second kappa shape index (κ2) is 9.84. The van der Waals surface area contributed by atoms with Gasteiger partial charge in [0.05, 0.1) is 18.8 Å². The molecule has 2 N–H and O–H groups in total. The van der Waals surface area contributed by atoms with E-state index in [2.05, 4.69) is 0 Å². The Hall–Kier alpha value is -1.01. The molecule has 1 aliphatic heterocycles. The predicted octanol–water partition coefficient (Wildman–Crippen LogP) is 2.61. The van der Waals surface area contributed by atoms with Crippen molar-refractivity contribution in [2.24, 2.45) is 0 Å². The number of benzene rings is 1. The third kappa shape index (κ3) is 5.04. The highest BCUT2D eigenvalue weighted by Crippen LogP contribution is 2.27. The maximum atomic E-state index is 13.9. The van der Waals surface area contributed by atoms with Gasteiger partial charge in [-0.2, -0.15) is 0 Å². The average Bonchev–Trinajstić information content (AvgIpc) is 2.54. The van der Waals surface area contributed by atoms with E-state index in [0.717, 1.165) is 0 Å². The number of rotatable bonds is 2. The molecule has 0 atom stereocenters. The zero-order chi connectivity index (χ0) is 16.5. The molecule has 1 aromatic carbocycles. The number of ether oxygens (including phenoxy) is 1. The molecule has 0 spiro atoms. The van der Waals surface area contributed by atoms with Crippen LogP contribution in [-0.2, 0) is 10.6 Å². The van der Waals surface area contributed by atoms with Crippen LogP contribution >= 0.6 is 0 Å². The maximum absolute atomic E-state index is 13.9. The first kappa shape index (κ1) is 20.0. The lowest BCUT2D eigenvalue weighted by molar-refractivity contribution is -0.288. The van der Waals surface area contributed by atoms with Gasteiger partial charge in [0.1, 0.15) is 5.82 Å². The molecule has 0 aliphatic carbocycles. The lowest BCUT2D eigenvalue weighted by atomic mass is 10.1. The predicted molar refractivity (Wildman–Crippen MR) is 82.3 cm³/mol. The number of nitrogens with zero attached hydrogens (tertiary/aromatic N) is 1. The van der Waals surface area contributed by atoms with E-state index in [9.17, 15) is 14.6 Å². The Morgan fingerprint density at radius 3 is 2.14 bits per heavy atom. The van der Waals surface area contributed by atoms with Gasteiger partial charge < -0.3 is 14.9 Å². The molecular formula is C16H28FNO3. The van der Waals surface area contributed by atoms with Gasteiger partial charge in [0.2, 0.25) is 0 Å². The number of aryl methyl sites for hydroxylation is 1. The molecule has 1 saturated heterocycles. The van der Waals surface area contributed by atoms with Crippen LogP contribution in [0, 0.1) is 12.7 Å². The zero-order valence-corrected chi connectivity index (χ0v) is 13.7. The first-order valence-corrected chi connectivity index (χ1v) is 7.56. The van der Waals surface area contributed by atoms with Gasteiger partial charge in [0, 0.05) is 13.1 Å². The number of aliphatic hydroxyl groups is 2. The molecule has 0 bridgehead atoms. The fourth-order valence-electron chi connectivity index (χ4n) is 1.95. The highest BCUT2D eigenvalue weighted by Gasteiger charge is 2.37. The summed E-state index contributed by atoms with van der Waals surface area (Å²) < 4.78 is 19.0. The number of halogens is 1. The summed E-state index contributed by atoms with van der Waals surface area (Å²) >= 11 is 0. The summed E-state index contributed by atoms with van der Waals surface area (Å²) in [6.45, 7) is 11.1. The lowest BCUT2D eigenvalue weighted by Gasteiger charge is -2.37. The van der Waals surface area contributed by atoms with Crippen molar-refractivity contribution in [3.63, 3.8) is 0 Å². The monoisotopic (exact) mass is 301 g/mol. The SMILES string of the molecule is CC.CC.Cc1cccc(C(O)(O)N2CCOCC2)c1F. The lowest BCUT2D eigenvalue weighted by Crippen LogP contribution is -2.51. The molecule has 0 unspecified atom stereocenters. The van der Waals surface area contributed by atoms with Crippen LogP contribution in [0.25, 0.3) is 0 Å². The number of hydrogen-bond donors (Lipinski definition) is 2. The molecule has 1 aliphatic rings. The topological polar surface area (TPSA) is 52.9 Å². The summed E-state index contributed by atoms with van der Waals surface area (Å²) in [7, 11) is 0. The minimum Gasteiger partial charge on any atom is -0.379 e. The minimum absolute atomic E-state index is 0.112. The molecule has 0 amide bonds. The first-order chi connectivity index (χ1) is 10.0. The molecule has 5 heteroatoms. The second-order valence-electron chi connectivity index (χ2n) is 4.17. The standard InChI is InChI=1S/C12H16FNO3.2C2H6/c1-9-3-2-4-10(11(9)13)12(15,16)14-5-7-17-8-6-14;2*1-2/h2-4,15-16H,5-8H2,1H3;2*1-2H3. The third-order valence-electron chi connectivity index (χ3n) is 3.01.